The van der Waals surface area contributed by atoms with Gasteiger partial charge in [-0.05, 0) is 17.9 Å². The second-order valence-corrected chi connectivity index (χ2v) is 6.15. The maximum Gasteiger partial charge on any atom is 0.416 e. The summed E-state index contributed by atoms with van der Waals surface area (Å²) >= 11 is 0. The fourth-order valence-corrected chi connectivity index (χ4v) is 2.71. The molecule has 0 radical (unpaired) electrons. The maximum absolute atomic E-state index is 12.6. The first-order chi connectivity index (χ1) is 10.4. The number of aliphatic hydroxyl groups excluding tert-OH is 1. The highest BCUT2D eigenvalue weighted by atomic mass is 16.6. The van der Waals surface area contributed by atoms with Gasteiger partial charge in [0, 0.05) is 0 Å². The molecule has 5 heteroatoms. The molecule has 1 aromatic carbocycles. The van der Waals surface area contributed by atoms with E-state index in [1.807, 2.05) is 44.2 Å². The average molecular weight is 305 g/mol. The van der Waals surface area contributed by atoms with Gasteiger partial charge in [-0.25, -0.2) is 9.69 Å². The van der Waals surface area contributed by atoms with Crippen LogP contribution in [0.3, 0.4) is 0 Å². The van der Waals surface area contributed by atoms with Crippen molar-refractivity contribution < 1.29 is 19.4 Å². The summed E-state index contributed by atoms with van der Waals surface area (Å²) in [4.78, 5) is 25.7. The predicted octanol–water partition coefficient (Wildman–Crippen LogP) is 2.23. The van der Waals surface area contributed by atoms with E-state index >= 15 is 0 Å². The Hall–Kier alpha value is -1.88. The first-order valence-electron chi connectivity index (χ1n) is 7.63. The third-order valence-corrected chi connectivity index (χ3v) is 4.10. The van der Waals surface area contributed by atoms with Crippen LogP contribution in [0.1, 0.15) is 26.3 Å². The van der Waals surface area contributed by atoms with Crippen molar-refractivity contribution in [1.82, 2.24) is 4.90 Å². The number of imide groups is 1. The van der Waals surface area contributed by atoms with Crippen molar-refractivity contribution in [1.29, 1.82) is 0 Å². The van der Waals surface area contributed by atoms with Crippen molar-refractivity contribution in [3.8, 4) is 0 Å². The lowest BCUT2D eigenvalue weighted by molar-refractivity contribution is -0.137. The van der Waals surface area contributed by atoms with E-state index in [4.69, 9.17) is 4.74 Å². The maximum atomic E-state index is 12.6. The molecule has 1 aliphatic heterocycles. The molecule has 0 aliphatic carbocycles. The molecular weight excluding hydrogens is 282 g/mol. The highest BCUT2D eigenvalue weighted by Crippen LogP contribution is 2.23. The van der Waals surface area contributed by atoms with Crippen LogP contribution < -0.4 is 0 Å². The normalized spacial score (nSPS) is 20.9. The smallest absolute Gasteiger partial charge is 0.416 e. The van der Waals surface area contributed by atoms with Crippen LogP contribution in [0.2, 0.25) is 0 Å². The Balaban J connectivity index is 2.12. The van der Waals surface area contributed by atoms with E-state index in [2.05, 4.69) is 0 Å². The SMILES string of the molecule is CC(C)C(O)C(C)C(=O)N1C(=O)OC[C@H]1Cc1ccccc1. The molecular formula is C17H23NO4. The molecule has 22 heavy (non-hydrogen) atoms. The number of amides is 2. The molecule has 0 aromatic heterocycles. The Kier molecular flexibility index (Phi) is 5.19. The number of aliphatic hydroxyl groups is 1. The third-order valence-electron chi connectivity index (χ3n) is 4.10. The Morgan fingerprint density at radius 1 is 1.32 bits per heavy atom. The third kappa shape index (κ3) is 3.47. The molecule has 3 atom stereocenters. The van der Waals surface area contributed by atoms with Crippen molar-refractivity contribution in [3.05, 3.63) is 35.9 Å². The molecule has 2 amide bonds. The number of nitrogens with zero attached hydrogens (tertiary/aromatic N) is 1. The fourth-order valence-electron chi connectivity index (χ4n) is 2.71. The molecule has 1 fully saturated rings. The highest BCUT2D eigenvalue weighted by molar-refractivity contribution is 5.95. The molecule has 1 aliphatic rings. The lowest BCUT2D eigenvalue weighted by Crippen LogP contribution is -2.46. The van der Waals surface area contributed by atoms with Gasteiger partial charge in [0.25, 0.3) is 0 Å². The largest absolute Gasteiger partial charge is 0.447 e. The number of cyclic esters (lactones) is 1. The van der Waals surface area contributed by atoms with Crippen LogP contribution in [0, 0.1) is 11.8 Å². The van der Waals surface area contributed by atoms with E-state index in [1.165, 1.54) is 4.90 Å². The van der Waals surface area contributed by atoms with Crippen LogP contribution in [0.4, 0.5) is 4.79 Å². The first-order valence-corrected chi connectivity index (χ1v) is 7.63. The van der Waals surface area contributed by atoms with Crippen molar-refractivity contribution in [3.63, 3.8) is 0 Å². The number of rotatable bonds is 5. The van der Waals surface area contributed by atoms with Crippen LogP contribution in [-0.4, -0.2) is 40.8 Å². The van der Waals surface area contributed by atoms with Crippen LogP contribution >= 0.6 is 0 Å². The van der Waals surface area contributed by atoms with Gasteiger partial charge in [-0.15, -0.1) is 0 Å². The Bertz CT molecular complexity index is 529. The monoisotopic (exact) mass is 305 g/mol. The van der Waals surface area contributed by atoms with Gasteiger partial charge in [0.1, 0.15) is 6.61 Å². The number of ether oxygens (including phenoxy) is 1. The van der Waals surface area contributed by atoms with Crippen molar-refractivity contribution >= 4 is 12.0 Å². The van der Waals surface area contributed by atoms with E-state index in [9.17, 15) is 14.7 Å². The van der Waals surface area contributed by atoms with Gasteiger partial charge < -0.3 is 9.84 Å². The Labute approximate surface area is 130 Å². The van der Waals surface area contributed by atoms with Crippen LogP contribution in [-0.2, 0) is 16.0 Å². The number of carbonyl (C=O) groups is 2. The summed E-state index contributed by atoms with van der Waals surface area (Å²) < 4.78 is 5.05. The molecule has 2 rings (SSSR count). The molecule has 0 saturated carbocycles. The van der Waals surface area contributed by atoms with Crippen molar-refractivity contribution in [2.24, 2.45) is 11.8 Å². The van der Waals surface area contributed by atoms with Crippen molar-refractivity contribution in [2.75, 3.05) is 6.61 Å². The molecule has 0 spiro atoms. The Morgan fingerprint density at radius 3 is 2.55 bits per heavy atom. The number of carbonyl (C=O) groups excluding carboxylic acids is 2. The number of hydrogen-bond donors (Lipinski definition) is 1. The lowest BCUT2D eigenvalue weighted by atomic mass is 9.93. The number of hydrogen-bond acceptors (Lipinski definition) is 4. The summed E-state index contributed by atoms with van der Waals surface area (Å²) in [5, 5.41) is 10.1. The zero-order chi connectivity index (χ0) is 16.3. The minimum absolute atomic E-state index is 0.0508. The molecule has 5 nitrogen and oxygen atoms in total. The van der Waals surface area contributed by atoms with Crippen molar-refractivity contribution in [2.45, 2.75) is 39.3 Å². The van der Waals surface area contributed by atoms with Gasteiger partial charge in [0.15, 0.2) is 0 Å². The highest BCUT2D eigenvalue weighted by Gasteiger charge is 2.41. The van der Waals surface area contributed by atoms with Gasteiger partial charge in [-0.2, -0.15) is 0 Å². The lowest BCUT2D eigenvalue weighted by Gasteiger charge is -2.27. The molecule has 1 saturated heterocycles. The first kappa shape index (κ1) is 16.5. The second kappa shape index (κ2) is 6.92. The van der Waals surface area contributed by atoms with E-state index < -0.39 is 18.1 Å². The Morgan fingerprint density at radius 2 is 1.95 bits per heavy atom. The van der Waals surface area contributed by atoms with E-state index in [1.54, 1.807) is 6.92 Å². The summed E-state index contributed by atoms with van der Waals surface area (Å²) in [5.41, 5.74) is 1.04. The van der Waals surface area contributed by atoms with Gasteiger partial charge in [-0.1, -0.05) is 51.1 Å². The summed E-state index contributed by atoms with van der Waals surface area (Å²) in [6.07, 6.45) is -0.838. The zero-order valence-corrected chi connectivity index (χ0v) is 13.2. The van der Waals surface area contributed by atoms with E-state index in [0.717, 1.165) is 5.56 Å². The molecule has 1 aromatic rings. The van der Waals surface area contributed by atoms with Gasteiger partial charge >= 0.3 is 6.09 Å². The van der Waals surface area contributed by atoms with Crippen LogP contribution in [0.5, 0.6) is 0 Å². The number of benzene rings is 1. The molecule has 120 valence electrons. The minimum atomic E-state index is -0.779. The fraction of sp³-hybridized carbons (Fsp3) is 0.529. The average Bonchev–Trinajstić information content (AvgIpc) is 2.86. The van der Waals surface area contributed by atoms with Gasteiger partial charge in [-0.3, -0.25) is 4.79 Å². The summed E-state index contributed by atoms with van der Waals surface area (Å²) in [6, 6.07) is 9.36. The van der Waals surface area contributed by atoms with E-state index in [0.29, 0.717) is 6.42 Å². The standard InChI is InChI=1S/C17H23NO4/c1-11(2)15(19)12(3)16(20)18-14(10-22-17(18)21)9-13-7-5-4-6-8-13/h4-8,11-12,14-15,19H,9-10H2,1-3H3/t12?,14-,15?/m1/s1. The molecule has 1 heterocycles. The summed E-state index contributed by atoms with van der Waals surface area (Å²) in [5.74, 6) is -1.06. The topological polar surface area (TPSA) is 66.8 Å². The summed E-state index contributed by atoms with van der Waals surface area (Å²) in [6.45, 7) is 5.54. The van der Waals surface area contributed by atoms with Gasteiger partial charge in [0.2, 0.25) is 5.91 Å². The van der Waals surface area contributed by atoms with E-state index in [-0.39, 0.29) is 24.5 Å². The molecule has 0 bridgehead atoms. The van der Waals surface area contributed by atoms with Crippen LogP contribution in [0.15, 0.2) is 30.3 Å². The molecule has 2 unspecified atom stereocenters. The zero-order valence-electron chi connectivity index (χ0n) is 13.2. The minimum Gasteiger partial charge on any atom is -0.447 e. The van der Waals surface area contributed by atoms with Gasteiger partial charge in [0.05, 0.1) is 18.1 Å². The molecule has 1 N–H and O–H groups in total. The quantitative estimate of drug-likeness (QED) is 0.906. The van der Waals surface area contributed by atoms with Crippen LogP contribution in [0.25, 0.3) is 0 Å². The summed E-state index contributed by atoms with van der Waals surface area (Å²) in [7, 11) is 0. The second-order valence-electron chi connectivity index (χ2n) is 6.15. The predicted molar refractivity (Wildman–Crippen MR) is 82.1 cm³/mol.